The second-order valence-corrected chi connectivity index (χ2v) is 3.37. The van der Waals surface area contributed by atoms with Gasteiger partial charge >= 0.3 is 0 Å². The van der Waals surface area contributed by atoms with Gasteiger partial charge in [-0.2, -0.15) is 0 Å². The standard InChI is InChI=1S/C11H20O4/c1-3-13-10-6-8-11(15-10,14-4-2)7-5-9-12/h6,8,10,12H,3-5,7,9H2,1-2H3. The molecule has 0 saturated carbocycles. The molecule has 1 aliphatic rings. The molecule has 0 spiro atoms. The SMILES string of the molecule is CCOC1C=CC(CCCO)(OCC)O1. The fraction of sp³-hybridized carbons (Fsp3) is 0.818. The fourth-order valence-electron chi connectivity index (χ4n) is 1.62. The van der Waals surface area contributed by atoms with E-state index in [0.717, 1.165) is 0 Å². The molecule has 88 valence electrons. The number of hydrogen-bond donors (Lipinski definition) is 1. The number of hydrogen-bond acceptors (Lipinski definition) is 4. The fourth-order valence-corrected chi connectivity index (χ4v) is 1.62. The number of ether oxygens (including phenoxy) is 3. The zero-order valence-corrected chi connectivity index (χ0v) is 9.44. The van der Waals surface area contributed by atoms with E-state index in [1.165, 1.54) is 0 Å². The first-order valence-electron chi connectivity index (χ1n) is 5.50. The monoisotopic (exact) mass is 216 g/mol. The second-order valence-electron chi connectivity index (χ2n) is 3.37. The van der Waals surface area contributed by atoms with Crippen molar-refractivity contribution in [1.29, 1.82) is 0 Å². The molecule has 4 nitrogen and oxygen atoms in total. The van der Waals surface area contributed by atoms with Crippen molar-refractivity contribution in [2.24, 2.45) is 0 Å². The third kappa shape index (κ3) is 3.57. The molecule has 2 unspecified atom stereocenters. The molecule has 0 bridgehead atoms. The Morgan fingerprint density at radius 3 is 2.80 bits per heavy atom. The molecule has 0 aromatic carbocycles. The van der Waals surface area contributed by atoms with Gasteiger partial charge in [-0.05, 0) is 32.4 Å². The highest BCUT2D eigenvalue weighted by Crippen LogP contribution is 2.30. The van der Waals surface area contributed by atoms with Crippen molar-refractivity contribution in [2.45, 2.75) is 38.8 Å². The summed E-state index contributed by atoms with van der Waals surface area (Å²) in [5, 5.41) is 8.81. The molecule has 4 heteroatoms. The molecule has 0 aliphatic carbocycles. The molecule has 0 aromatic rings. The highest BCUT2D eigenvalue weighted by atomic mass is 16.8. The molecular weight excluding hydrogens is 196 g/mol. The summed E-state index contributed by atoms with van der Waals surface area (Å²) in [5.41, 5.74) is 0. The van der Waals surface area contributed by atoms with Crippen LogP contribution in [0.4, 0.5) is 0 Å². The predicted octanol–water partition coefficient (Wildman–Crippen LogP) is 1.44. The van der Waals surface area contributed by atoms with Crippen LogP contribution < -0.4 is 0 Å². The van der Waals surface area contributed by atoms with Crippen LogP contribution in [0.3, 0.4) is 0 Å². The smallest absolute Gasteiger partial charge is 0.191 e. The van der Waals surface area contributed by atoms with Gasteiger partial charge in [-0.15, -0.1) is 0 Å². The van der Waals surface area contributed by atoms with Gasteiger partial charge in [0.1, 0.15) is 0 Å². The molecule has 1 aliphatic heterocycles. The van der Waals surface area contributed by atoms with Gasteiger partial charge in [0.2, 0.25) is 0 Å². The highest BCUT2D eigenvalue weighted by molar-refractivity contribution is 5.04. The first kappa shape index (κ1) is 12.6. The Morgan fingerprint density at radius 2 is 2.20 bits per heavy atom. The molecular formula is C11H20O4. The lowest BCUT2D eigenvalue weighted by Gasteiger charge is -2.28. The van der Waals surface area contributed by atoms with E-state index in [2.05, 4.69) is 0 Å². The minimum atomic E-state index is -0.697. The van der Waals surface area contributed by atoms with Crippen molar-refractivity contribution >= 4 is 0 Å². The van der Waals surface area contributed by atoms with E-state index in [-0.39, 0.29) is 12.9 Å². The Kier molecular flexibility index (Phi) is 5.25. The van der Waals surface area contributed by atoms with Crippen molar-refractivity contribution in [3.05, 3.63) is 12.2 Å². The molecule has 1 heterocycles. The Balaban J connectivity index is 2.49. The van der Waals surface area contributed by atoms with Gasteiger partial charge < -0.3 is 19.3 Å². The molecule has 0 fully saturated rings. The van der Waals surface area contributed by atoms with Gasteiger partial charge in [-0.3, -0.25) is 0 Å². The summed E-state index contributed by atoms with van der Waals surface area (Å²) in [6, 6.07) is 0. The second kappa shape index (κ2) is 6.23. The zero-order valence-electron chi connectivity index (χ0n) is 9.44. The topological polar surface area (TPSA) is 47.9 Å². The van der Waals surface area contributed by atoms with E-state index < -0.39 is 5.79 Å². The van der Waals surface area contributed by atoms with Crippen molar-refractivity contribution < 1.29 is 19.3 Å². The van der Waals surface area contributed by atoms with Crippen LogP contribution in [0.1, 0.15) is 26.7 Å². The Bertz CT molecular complexity index is 205. The summed E-state index contributed by atoms with van der Waals surface area (Å²) in [6.45, 7) is 5.18. The maximum atomic E-state index is 8.81. The number of aliphatic hydroxyl groups excluding tert-OH is 1. The van der Waals surface area contributed by atoms with Crippen LogP contribution in [-0.4, -0.2) is 37.0 Å². The third-order valence-corrected chi connectivity index (χ3v) is 2.23. The van der Waals surface area contributed by atoms with Crippen LogP contribution >= 0.6 is 0 Å². The molecule has 1 N–H and O–H groups in total. The minimum Gasteiger partial charge on any atom is -0.396 e. The van der Waals surface area contributed by atoms with Crippen LogP contribution in [0.2, 0.25) is 0 Å². The summed E-state index contributed by atoms with van der Waals surface area (Å²) in [7, 11) is 0. The van der Waals surface area contributed by atoms with Crippen LogP contribution in [0.25, 0.3) is 0 Å². The molecule has 2 atom stereocenters. The predicted molar refractivity (Wildman–Crippen MR) is 56.3 cm³/mol. The first-order valence-corrected chi connectivity index (χ1v) is 5.50. The van der Waals surface area contributed by atoms with Crippen LogP contribution in [0.15, 0.2) is 12.2 Å². The van der Waals surface area contributed by atoms with Gasteiger partial charge in [-0.25, -0.2) is 0 Å². The molecule has 0 amide bonds. The number of aliphatic hydroxyl groups is 1. The molecule has 0 aromatic heterocycles. The lowest BCUT2D eigenvalue weighted by molar-refractivity contribution is -0.259. The van der Waals surface area contributed by atoms with Gasteiger partial charge in [0.15, 0.2) is 12.1 Å². The molecule has 1 rings (SSSR count). The molecule has 0 radical (unpaired) electrons. The average molecular weight is 216 g/mol. The van der Waals surface area contributed by atoms with Crippen molar-refractivity contribution in [1.82, 2.24) is 0 Å². The van der Waals surface area contributed by atoms with Gasteiger partial charge in [-0.1, -0.05) is 0 Å². The van der Waals surface area contributed by atoms with E-state index >= 15 is 0 Å². The highest BCUT2D eigenvalue weighted by Gasteiger charge is 2.36. The van der Waals surface area contributed by atoms with Crippen LogP contribution in [0.5, 0.6) is 0 Å². The van der Waals surface area contributed by atoms with Crippen molar-refractivity contribution in [2.75, 3.05) is 19.8 Å². The zero-order chi connectivity index (χ0) is 11.1. The lowest BCUT2D eigenvalue weighted by atomic mass is 10.1. The summed E-state index contributed by atoms with van der Waals surface area (Å²) >= 11 is 0. The summed E-state index contributed by atoms with van der Waals surface area (Å²) in [5.74, 6) is -0.697. The van der Waals surface area contributed by atoms with E-state index in [4.69, 9.17) is 19.3 Å². The largest absolute Gasteiger partial charge is 0.396 e. The van der Waals surface area contributed by atoms with E-state index in [1.807, 2.05) is 26.0 Å². The van der Waals surface area contributed by atoms with E-state index in [9.17, 15) is 0 Å². The maximum absolute atomic E-state index is 8.81. The maximum Gasteiger partial charge on any atom is 0.191 e. The van der Waals surface area contributed by atoms with Crippen molar-refractivity contribution in [3.63, 3.8) is 0 Å². The minimum absolute atomic E-state index is 0.144. The first-order chi connectivity index (χ1) is 7.26. The normalized spacial score (nSPS) is 29.9. The Hall–Kier alpha value is -0.420. The summed E-state index contributed by atoms with van der Waals surface area (Å²) in [4.78, 5) is 0. The van der Waals surface area contributed by atoms with Gasteiger partial charge in [0, 0.05) is 26.2 Å². The van der Waals surface area contributed by atoms with E-state index in [0.29, 0.717) is 26.1 Å². The third-order valence-electron chi connectivity index (χ3n) is 2.23. The molecule has 0 saturated heterocycles. The summed E-state index contributed by atoms with van der Waals surface area (Å²) < 4.78 is 16.6. The molecule has 15 heavy (non-hydrogen) atoms. The van der Waals surface area contributed by atoms with Crippen LogP contribution in [-0.2, 0) is 14.2 Å². The average Bonchev–Trinajstić information content (AvgIpc) is 2.61. The summed E-state index contributed by atoms with van der Waals surface area (Å²) in [6.07, 6.45) is 4.73. The number of rotatable bonds is 7. The Labute approximate surface area is 90.8 Å². The lowest BCUT2D eigenvalue weighted by Crippen LogP contribution is -2.34. The van der Waals surface area contributed by atoms with Gasteiger partial charge in [0.25, 0.3) is 0 Å². The van der Waals surface area contributed by atoms with Crippen LogP contribution in [0, 0.1) is 0 Å². The van der Waals surface area contributed by atoms with E-state index in [1.54, 1.807) is 0 Å². The quantitative estimate of drug-likeness (QED) is 0.654. The van der Waals surface area contributed by atoms with Crippen molar-refractivity contribution in [3.8, 4) is 0 Å². The van der Waals surface area contributed by atoms with Gasteiger partial charge in [0.05, 0.1) is 0 Å². The Morgan fingerprint density at radius 1 is 1.40 bits per heavy atom.